The van der Waals surface area contributed by atoms with E-state index >= 15 is 0 Å². The van der Waals surface area contributed by atoms with Crippen molar-refractivity contribution in [2.75, 3.05) is 18.9 Å². The first-order valence-electron chi connectivity index (χ1n) is 5.69. The minimum Gasteiger partial charge on any atom is -0.409 e. The maximum absolute atomic E-state index is 11.9. The van der Waals surface area contributed by atoms with E-state index in [1.54, 1.807) is 38.2 Å². The Labute approximate surface area is 116 Å². The molecule has 1 aromatic rings. The predicted octanol–water partition coefficient (Wildman–Crippen LogP) is 2.19. The summed E-state index contributed by atoms with van der Waals surface area (Å²) < 4.78 is 0. The molecule has 104 valence electrons. The Hall–Kier alpha value is -1.95. The van der Waals surface area contributed by atoms with Gasteiger partial charge in [0.15, 0.2) is 0 Å². The maximum Gasteiger partial charge on any atom is 0.321 e. The zero-order chi connectivity index (χ0) is 14.4. The van der Waals surface area contributed by atoms with E-state index in [4.69, 9.17) is 22.5 Å². The third-order valence-corrected chi connectivity index (χ3v) is 2.83. The Morgan fingerprint density at radius 3 is 2.89 bits per heavy atom. The van der Waals surface area contributed by atoms with Gasteiger partial charge in [0.25, 0.3) is 0 Å². The number of urea groups is 1. The van der Waals surface area contributed by atoms with E-state index in [1.165, 1.54) is 4.90 Å². The number of carbonyl (C=O) groups is 1. The van der Waals surface area contributed by atoms with Crippen molar-refractivity contribution in [2.24, 2.45) is 16.8 Å². The fourth-order valence-electron chi connectivity index (χ4n) is 1.47. The van der Waals surface area contributed by atoms with E-state index in [9.17, 15) is 4.79 Å². The van der Waals surface area contributed by atoms with Crippen molar-refractivity contribution >= 4 is 29.2 Å². The summed E-state index contributed by atoms with van der Waals surface area (Å²) >= 11 is 5.83. The van der Waals surface area contributed by atoms with Crippen molar-refractivity contribution in [3.63, 3.8) is 0 Å². The van der Waals surface area contributed by atoms with E-state index in [0.717, 1.165) is 0 Å². The number of oxime groups is 1. The zero-order valence-electron chi connectivity index (χ0n) is 10.8. The first kappa shape index (κ1) is 15.1. The molecule has 0 fully saturated rings. The summed E-state index contributed by atoms with van der Waals surface area (Å²) in [5.74, 6) is -0.150. The normalized spacial score (nSPS) is 12.9. The standard InChI is InChI=1S/C12H17ClN4O2/c1-8(11(14)16-19)7-17(2)12(18)15-10-5-3-4-9(13)6-10/h3-6,8,19H,7H2,1-2H3,(H2,14,16)(H,15,18). The molecular weight excluding hydrogens is 268 g/mol. The number of hydrogen-bond acceptors (Lipinski definition) is 3. The second-order valence-electron chi connectivity index (χ2n) is 4.25. The van der Waals surface area contributed by atoms with Gasteiger partial charge < -0.3 is 21.2 Å². The highest BCUT2D eigenvalue weighted by atomic mass is 35.5. The van der Waals surface area contributed by atoms with Crippen LogP contribution in [0.2, 0.25) is 5.02 Å². The largest absolute Gasteiger partial charge is 0.409 e. The SMILES string of the molecule is CC(CN(C)C(=O)Nc1cccc(Cl)c1)C(N)=NO. The van der Waals surface area contributed by atoms with Crippen LogP contribution >= 0.6 is 11.6 Å². The van der Waals surface area contributed by atoms with Crippen molar-refractivity contribution in [3.8, 4) is 0 Å². The van der Waals surface area contributed by atoms with Gasteiger partial charge in [-0.3, -0.25) is 0 Å². The molecule has 2 amide bonds. The first-order chi connectivity index (χ1) is 8.93. The van der Waals surface area contributed by atoms with Gasteiger partial charge in [-0.25, -0.2) is 4.79 Å². The van der Waals surface area contributed by atoms with Gasteiger partial charge in [-0.05, 0) is 18.2 Å². The third kappa shape index (κ3) is 4.67. The van der Waals surface area contributed by atoms with Crippen LogP contribution in [0.25, 0.3) is 0 Å². The summed E-state index contributed by atoms with van der Waals surface area (Å²) in [5, 5.41) is 14.7. The molecule has 0 radical (unpaired) electrons. The molecule has 0 aromatic heterocycles. The van der Waals surface area contributed by atoms with Crippen LogP contribution in [0.3, 0.4) is 0 Å². The lowest BCUT2D eigenvalue weighted by Gasteiger charge is -2.21. The lowest BCUT2D eigenvalue weighted by atomic mass is 10.1. The lowest BCUT2D eigenvalue weighted by molar-refractivity contribution is 0.219. The maximum atomic E-state index is 11.9. The number of hydrogen-bond donors (Lipinski definition) is 3. The van der Waals surface area contributed by atoms with Gasteiger partial charge >= 0.3 is 6.03 Å². The monoisotopic (exact) mass is 284 g/mol. The second kappa shape index (κ2) is 6.84. The van der Waals surface area contributed by atoms with E-state index < -0.39 is 0 Å². The Morgan fingerprint density at radius 1 is 1.63 bits per heavy atom. The number of halogens is 1. The van der Waals surface area contributed by atoms with Crippen LogP contribution in [0.1, 0.15) is 6.92 Å². The zero-order valence-corrected chi connectivity index (χ0v) is 11.6. The first-order valence-corrected chi connectivity index (χ1v) is 6.07. The van der Waals surface area contributed by atoms with Crippen LogP contribution in [0.5, 0.6) is 0 Å². The van der Waals surface area contributed by atoms with E-state index in [2.05, 4.69) is 10.5 Å². The summed E-state index contributed by atoms with van der Waals surface area (Å²) in [5.41, 5.74) is 6.07. The van der Waals surface area contributed by atoms with E-state index in [0.29, 0.717) is 17.3 Å². The van der Waals surface area contributed by atoms with Gasteiger partial charge in [0.05, 0.1) is 0 Å². The molecule has 0 aliphatic heterocycles. The molecule has 0 aliphatic rings. The number of amides is 2. The number of carbonyl (C=O) groups excluding carboxylic acids is 1. The molecule has 19 heavy (non-hydrogen) atoms. The number of amidine groups is 1. The minimum absolute atomic E-state index is 0.0856. The summed E-state index contributed by atoms with van der Waals surface area (Å²) in [6, 6.07) is 6.57. The van der Waals surface area contributed by atoms with Crippen molar-refractivity contribution < 1.29 is 10.0 Å². The third-order valence-electron chi connectivity index (χ3n) is 2.59. The van der Waals surface area contributed by atoms with Crippen molar-refractivity contribution in [1.82, 2.24) is 4.90 Å². The van der Waals surface area contributed by atoms with Crippen LogP contribution in [0, 0.1) is 5.92 Å². The summed E-state index contributed by atoms with van der Waals surface area (Å²) in [4.78, 5) is 13.3. The van der Waals surface area contributed by atoms with E-state index in [1.807, 2.05) is 0 Å². The number of rotatable bonds is 4. The summed E-state index contributed by atoms with van der Waals surface area (Å²) in [7, 11) is 1.63. The number of anilines is 1. The Morgan fingerprint density at radius 2 is 2.32 bits per heavy atom. The quantitative estimate of drug-likeness (QED) is 0.342. The van der Waals surface area contributed by atoms with Gasteiger partial charge in [-0.15, -0.1) is 0 Å². The molecule has 0 heterocycles. The highest BCUT2D eigenvalue weighted by Crippen LogP contribution is 2.15. The molecule has 1 aromatic carbocycles. The average molecular weight is 285 g/mol. The number of nitrogens with one attached hydrogen (secondary N) is 1. The van der Waals surface area contributed by atoms with Crippen LogP contribution in [0.4, 0.5) is 10.5 Å². The molecule has 7 heteroatoms. The number of nitrogens with two attached hydrogens (primary N) is 1. The Balaban J connectivity index is 2.58. The highest BCUT2D eigenvalue weighted by Gasteiger charge is 2.15. The van der Waals surface area contributed by atoms with Crippen molar-refractivity contribution in [1.29, 1.82) is 0 Å². The molecule has 0 spiro atoms. The topological polar surface area (TPSA) is 91.0 Å². The smallest absolute Gasteiger partial charge is 0.321 e. The van der Waals surface area contributed by atoms with Crippen LogP contribution < -0.4 is 11.1 Å². The van der Waals surface area contributed by atoms with Crippen LogP contribution in [-0.4, -0.2) is 35.6 Å². The molecular formula is C12H17ClN4O2. The van der Waals surface area contributed by atoms with Gasteiger partial charge in [0, 0.05) is 30.2 Å². The minimum atomic E-state index is -0.292. The predicted molar refractivity (Wildman–Crippen MR) is 75.7 cm³/mol. The fraction of sp³-hybridized carbons (Fsp3) is 0.333. The fourth-order valence-corrected chi connectivity index (χ4v) is 1.66. The Kier molecular flexibility index (Phi) is 5.44. The highest BCUT2D eigenvalue weighted by molar-refractivity contribution is 6.30. The molecule has 1 rings (SSSR count). The summed E-state index contributed by atoms with van der Waals surface area (Å²) in [6.07, 6.45) is 0. The van der Waals surface area contributed by atoms with Gasteiger partial charge in [-0.1, -0.05) is 29.7 Å². The molecule has 0 saturated carbocycles. The summed E-state index contributed by atoms with van der Waals surface area (Å²) in [6.45, 7) is 2.10. The number of nitrogens with zero attached hydrogens (tertiary/aromatic N) is 2. The molecule has 0 bridgehead atoms. The van der Waals surface area contributed by atoms with Gasteiger partial charge in [-0.2, -0.15) is 0 Å². The van der Waals surface area contributed by atoms with Gasteiger partial charge in [0.2, 0.25) is 0 Å². The molecule has 1 atom stereocenters. The molecule has 0 saturated heterocycles. The van der Waals surface area contributed by atoms with Crippen LogP contribution in [0.15, 0.2) is 29.4 Å². The van der Waals surface area contributed by atoms with Crippen molar-refractivity contribution in [2.45, 2.75) is 6.92 Å². The van der Waals surface area contributed by atoms with Crippen molar-refractivity contribution in [3.05, 3.63) is 29.3 Å². The second-order valence-corrected chi connectivity index (χ2v) is 4.68. The molecule has 6 nitrogen and oxygen atoms in total. The Bertz CT molecular complexity index is 479. The molecule has 4 N–H and O–H groups in total. The lowest BCUT2D eigenvalue weighted by Crippen LogP contribution is -2.38. The van der Waals surface area contributed by atoms with Gasteiger partial charge in [0.1, 0.15) is 5.84 Å². The number of benzene rings is 1. The average Bonchev–Trinajstić information content (AvgIpc) is 2.37. The van der Waals surface area contributed by atoms with Crippen LogP contribution in [-0.2, 0) is 0 Å². The molecule has 0 aliphatic carbocycles. The molecule has 1 unspecified atom stereocenters. The van der Waals surface area contributed by atoms with E-state index in [-0.39, 0.29) is 17.8 Å².